The Morgan fingerprint density at radius 1 is 1.27 bits per heavy atom. The summed E-state index contributed by atoms with van der Waals surface area (Å²) in [6.45, 7) is 0. The van der Waals surface area contributed by atoms with Crippen molar-refractivity contribution >= 4 is 17.0 Å². The van der Waals surface area contributed by atoms with Gasteiger partial charge in [0.25, 0.3) is 0 Å². The smallest absolute Gasteiger partial charge is 0.182 e. The quantitative estimate of drug-likeness (QED) is 0.523. The maximum Gasteiger partial charge on any atom is 0.182 e. The Labute approximate surface area is 62.5 Å². The highest BCUT2D eigenvalue weighted by Gasteiger charge is 1.99. The molecule has 0 aromatic carbocycles. The first-order chi connectivity index (χ1) is 4.88. The number of fused-ring (bicyclic) bond motifs is 1. The number of nitrogens with two attached hydrogens (primary N) is 1. The van der Waals surface area contributed by atoms with E-state index >= 15 is 0 Å². The van der Waals surface area contributed by atoms with E-state index < -0.39 is 0 Å². The summed E-state index contributed by atoms with van der Waals surface area (Å²) in [5.74, 6) is 0.433. The minimum Gasteiger partial charge on any atom is -0.382 e. The van der Waals surface area contributed by atoms with Crippen LogP contribution >= 0.6 is 0 Å². The molecule has 0 spiro atoms. The predicted molar refractivity (Wildman–Crippen MR) is 38.2 cm³/mol. The molecule has 0 aliphatic rings. The number of anilines is 1. The summed E-state index contributed by atoms with van der Waals surface area (Å²) < 4.78 is 0. The van der Waals surface area contributed by atoms with Crippen LogP contribution in [-0.2, 0) is 0 Å². The fourth-order valence-corrected chi connectivity index (χ4v) is 0.784. The third kappa shape index (κ3) is 0.987. The molecule has 0 fully saturated rings. The molecule has 11 heavy (non-hydrogen) atoms. The Bertz CT molecular complexity index is 353. The van der Waals surface area contributed by atoms with Crippen molar-refractivity contribution in [2.45, 2.75) is 0 Å². The summed E-state index contributed by atoms with van der Waals surface area (Å²) in [4.78, 5) is 14.4. The van der Waals surface area contributed by atoms with Gasteiger partial charge in [0.2, 0.25) is 0 Å². The lowest BCUT2D eigenvalue weighted by atomic mass is 10.5. The largest absolute Gasteiger partial charge is 0.382 e. The molecule has 3 radical (unpaired) electrons. The molecule has 0 aliphatic heterocycles. The Morgan fingerprint density at radius 2 is 2.09 bits per heavy atom. The SMILES string of the molecule is Nc1ncnc2nc[nH]c12.[N]. The lowest BCUT2D eigenvalue weighted by molar-refractivity contribution is 1.21. The monoisotopic (exact) mass is 149 g/mol. The van der Waals surface area contributed by atoms with Gasteiger partial charge in [0.05, 0.1) is 6.33 Å². The maximum atomic E-state index is 5.48. The Balaban J connectivity index is 0.000000605. The van der Waals surface area contributed by atoms with Gasteiger partial charge in [-0.05, 0) is 0 Å². The average Bonchev–Trinajstić information content (AvgIpc) is 2.36. The predicted octanol–water partition coefficient (Wildman–Crippen LogP) is -0.546. The summed E-state index contributed by atoms with van der Waals surface area (Å²) in [5, 5.41) is 0. The van der Waals surface area contributed by atoms with Crippen molar-refractivity contribution in [1.29, 1.82) is 0 Å². The van der Waals surface area contributed by atoms with Crippen LogP contribution in [0.5, 0.6) is 0 Å². The van der Waals surface area contributed by atoms with Gasteiger partial charge in [0.1, 0.15) is 11.8 Å². The summed E-state index contributed by atoms with van der Waals surface area (Å²) in [5.41, 5.74) is 6.78. The highest BCUT2D eigenvalue weighted by Crippen LogP contribution is 2.09. The molecule has 0 saturated carbocycles. The fourth-order valence-electron chi connectivity index (χ4n) is 0.784. The average molecular weight is 149 g/mol. The van der Waals surface area contributed by atoms with Gasteiger partial charge in [0.15, 0.2) is 11.5 Å². The molecule has 0 unspecified atom stereocenters. The molecule has 2 aromatic heterocycles. The molecule has 2 rings (SSSR count). The van der Waals surface area contributed by atoms with E-state index in [1.165, 1.54) is 12.7 Å². The van der Waals surface area contributed by atoms with Crippen LogP contribution in [0.1, 0.15) is 0 Å². The van der Waals surface area contributed by atoms with Crippen molar-refractivity contribution in [3.8, 4) is 0 Å². The first-order valence-electron chi connectivity index (χ1n) is 2.77. The first-order valence-corrected chi connectivity index (χ1v) is 2.77. The van der Waals surface area contributed by atoms with Gasteiger partial charge in [0, 0.05) is 6.15 Å². The number of rotatable bonds is 0. The normalized spacial score (nSPS) is 9.45. The molecular weight excluding hydrogens is 144 g/mol. The van der Waals surface area contributed by atoms with Crippen molar-refractivity contribution < 1.29 is 0 Å². The van der Waals surface area contributed by atoms with E-state index in [1.54, 1.807) is 0 Å². The molecule has 55 valence electrons. The number of aromatic amines is 1. The van der Waals surface area contributed by atoms with Crippen molar-refractivity contribution in [3.05, 3.63) is 12.7 Å². The van der Waals surface area contributed by atoms with Crippen LogP contribution in [-0.4, -0.2) is 19.9 Å². The van der Waals surface area contributed by atoms with E-state index in [9.17, 15) is 0 Å². The molecule has 0 saturated heterocycles. The van der Waals surface area contributed by atoms with Gasteiger partial charge >= 0.3 is 0 Å². The molecule has 0 atom stereocenters. The van der Waals surface area contributed by atoms with Gasteiger partial charge in [-0.1, -0.05) is 0 Å². The molecule has 0 amide bonds. The highest BCUT2D eigenvalue weighted by molar-refractivity contribution is 5.80. The van der Waals surface area contributed by atoms with Crippen molar-refractivity contribution in [2.75, 3.05) is 5.73 Å². The molecular formula is C5H5N6. The fraction of sp³-hybridized carbons (Fsp3) is 0. The van der Waals surface area contributed by atoms with Crippen LogP contribution in [0.15, 0.2) is 12.7 Å². The van der Waals surface area contributed by atoms with Gasteiger partial charge in [-0.3, -0.25) is 0 Å². The van der Waals surface area contributed by atoms with E-state index in [4.69, 9.17) is 5.73 Å². The molecule has 0 bridgehead atoms. The number of imidazole rings is 1. The van der Waals surface area contributed by atoms with E-state index in [0.717, 1.165) is 0 Å². The van der Waals surface area contributed by atoms with E-state index in [2.05, 4.69) is 19.9 Å². The number of nitrogens with zero attached hydrogens (tertiary/aromatic N) is 4. The lowest BCUT2D eigenvalue weighted by Gasteiger charge is -1.89. The lowest BCUT2D eigenvalue weighted by Crippen LogP contribution is -1.91. The molecule has 6 nitrogen and oxygen atoms in total. The van der Waals surface area contributed by atoms with Crippen molar-refractivity contribution in [2.24, 2.45) is 0 Å². The summed E-state index contributed by atoms with van der Waals surface area (Å²) >= 11 is 0. The van der Waals surface area contributed by atoms with Crippen LogP contribution in [0.25, 0.3) is 11.2 Å². The third-order valence-electron chi connectivity index (χ3n) is 1.25. The van der Waals surface area contributed by atoms with E-state index in [0.29, 0.717) is 17.0 Å². The molecule has 0 aliphatic carbocycles. The number of hydrogen-bond donors (Lipinski definition) is 2. The first kappa shape index (κ1) is 7.42. The second-order valence-corrected chi connectivity index (χ2v) is 1.86. The third-order valence-corrected chi connectivity index (χ3v) is 1.25. The van der Waals surface area contributed by atoms with Crippen molar-refractivity contribution in [3.63, 3.8) is 0 Å². The number of nitrogens with one attached hydrogen (secondary N) is 1. The van der Waals surface area contributed by atoms with E-state index in [-0.39, 0.29) is 6.15 Å². The van der Waals surface area contributed by atoms with Crippen LogP contribution < -0.4 is 11.9 Å². The van der Waals surface area contributed by atoms with Gasteiger partial charge in [-0.25, -0.2) is 15.0 Å². The molecule has 2 heterocycles. The molecule has 2 aromatic rings. The minimum atomic E-state index is 0. The topological polar surface area (TPSA) is 111 Å². The summed E-state index contributed by atoms with van der Waals surface area (Å²) in [6.07, 6.45) is 2.92. The second kappa shape index (κ2) is 2.51. The number of nitrogen functional groups attached to an aromatic ring is 1. The second-order valence-electron chi connectivity index (χ2n) is 1.86. The van der Waals surface area contributed by atoms with E-state index in [1.807, 2.05) is 0 Å². The zero-order valence-electron chi connectivity index (χ0n) is 5.52. The van der Waals surface area contributed by atoms with Gasteiger partial charge < -0.3 is 10.7 Å². The number of H-pyrrole nitrogens is 1. The Hall–Kier alpha value is -1.69. The number of hydrogen-bond acceptors (Lipinski definition) is 4. The molecule has 6 heteroatoms. The van der Waals surface area contributed by atoms with Crippen LogP contribution in [0.2, 0.25) is 0 Å². The highest BCUT2D eigenvalue weighted by atomic mass is 15.0. The van der Waals surface area contributed by atoms with Crippen LogP contribution in [0.4, 0.5) is 5.82 Å². The Morgan fingerprint density at radius 3 is 2.82 bits per heavy atom. The van der Waals surface area contributed by atoms with Gasteiger partial charge in [-0.2, -0.15) is 0 Å². The van der Waals surface area contributed by atoms with Crippen LogP contribution in [0.3, 0.4) is 0 Å². The van der Waals surface area contributed by atoms with Gasteiger partial charge in [-0.15, -0.1) is 0 Å². The van der Waals surface area contributed by atoms with Crippen LogP contribution in [0, 0.1) is 0 Å². The standard InChI is InChI=1S/C5H5N5.N/c6-4-3-5(9-1-7-3)10-2-8-4;/h1-2H,(H3,6,7,8,9,10);. The maximum absolute atomic E-state index is 5.48. The Kier molecular flexibility index (Phi) is 1.69. The number of aromatic nitrogens is 4. The summed E-state index contributed by atoms with van der Waals surface area (Å²) in [6, 6.07) is 0. The zero-order chi connectivity index (χ0) is 6.97. The summed E-state index contributed by atoms with van der Waals surface area (Å²) in [7, 11) is 0. The molecule has 3 N–H and O–H groups in total. The zero-order valence-corrected chi connectivity index (χ0v) is 5.52. The van der Waals surface area contributed by atoms with Crippen molar-refractivity contribution in [1.82, 2.24) is 26.1 Å². The minimum absolute atomic E-state index is 0.